The van der Waals surface area contributed by atoms with Gasteiger partial charge in [-0.2, -0.15) is 0 Å². The van der Waals surface area contributed by atoms with Crippen molar-refractivity contribution in [1.29, 1.82) is 0 Å². The van der Waals surface area contributed by atoms with Crippen molar-refractivity contribution in [2.45, 2.75) is 17.9 Å². The highest BCUT2D eigenvalue weighted by molar-refractivity contribution is 7.89. The molecule has 4 aromatic carbocycles. The highest BCUT2D eigenvalue weighted by atomic mass is 35.5. The van der Waals surface area contributed by atoms with Crippen molar-refractivity contribution in [1.82, 2.24) is 4.72 Å². The van der Waals surface area contributed by atoms with Gasteiger partial charge in [0.2, 0.25) is 10.0 Å². The maximum absolute atomic E-state index is 13.9. The van der Waals surface area contributed by atoms with Crippen LogP contribution in [0.3, 0.4) is 0 Å². The van der Waals surface area contributed by atoms with Crippen molar-refractivity contribution in [3.63, 3.8) is 0 Å². The van der Waals surface area contributed by atoms with Gasteiger partial charge in [-0.1, -0.05) is 48.0 Å². The molecule has 1 saturated heterocycles. The molecule has 0 aromatic heterocycles. The van der Waals surface area contributed by atoms with Gasteiger partial charge in [-0.25, -0.2) is 13.1 Å². The van der Waals surface area contributed by atoms with E-state index in [4.69, 9.17) is 16.3 Å². The number of methoxy groups -OCH3 is 1. The summed E-state index contributed by atoms with van der Waals surface area (Å²) in [5, 5.41) is 3.26. The number of nitrogens with zero attached hydrogens (tertiary/aromatic N) is 2. The van der Waals surface area contributed by atoms with Crippen LogP contribution in [0.25, 0.3) is 0 Å². The SMILES string of the molecule is COc1ccc(N2CCN(c3ccc(NC(=O)c4cccc(Cl)c4)cc3S(=O)(=O)N[C@H](C)c3ccccc3)CC2)cc1. The molecular formula is C32H33ClN4O4S. The van der Waals surface area contributed by atoms with Crippen molar-refractivity contribution in [3.05, 3.63) is 113 Å². The molecule has 0 spiro atoms. The second-order valence-electron chi connectivity index (χ2n) is 10.1. The number of anilines is 3. The molecule has 1 fully saturated rings. The number of hydrogen-bond acceptors (Lipinski definition) is 6. The lowest BCUT2D eigenvalue weighted by Gasteiger charge is -2.38. The second kappa shape index (κ2) is 12.9. The minimum Gasteiger partial charge on any atom is -0.497 e. The molecule has 42 heavy (non-hydrogen) atoms. The smallest absolute Gasteiger partial charge is 0.255 e. The first-order valence-electron chi connectivity index (χ1n) is 13.7. The van der Waals surface area contributed by atoms with E-state index in [1.54, 1.807) is 43.5 Å². The minimum atomic E-state index is -3.98. The Morgan fingerprint density at radius 1 is 0.857 bits per heavy atom. The number of piperazine rings is 1. The van der Waals surface area contributed by atoms with E-state index >= 15 is 0 Å². The van der Waals surface area contributed by atoms with Crippen LogP contribution < -0.4 is 24.6 Å². The predicted molar refractivity (Wildman–Crippen MR) is 168 cm³/mol. The maximum Gasteiger partial charge on any atom is 0.255 e. The Labute approximate surface area is 251 Å². The van der Waals surface area contributed by atoms with Crippen molar-refractivity contribution >= 4 is 44.6 Å². The topological polar surface area (TPSA) is 91.0 Å². The molecule has 1 atom stereocenters. The zero-order valence-electron chi connectivity index (χ0n) is 23.5. The number of amides is 1. The summed E-state index contributed by atoms with van der Waals surface area (Å²) in [7, 11) is -2.34. The van der Waals surface area contributed by atoms with Crippen LogP contribution in [0.5, 0.6) is 5.75 Å². The Bertz CT molecular complexity index is 1640. The number of sulfonamides is 1. The lowest BCUT2D eigenvalue weighted by atomic mass is 10.1. The number of halogens is 1. The van der Waals surface area contributed by atoms with Gasteiger partial charge in [-0.05, 0) is 73.2 Å². The van der Waals surface area contributed by atoms with Crippen LogP contribution >= 0.6 is 11.6 Å². The lowest BCUT2D eigenvalue weighted by Crippen LogP contribution is -2.47. The summed E-state index contributed by atoms with van der Waals surface area (Å²) in [6.45, 7) is 4.48. The fourth-order valence-corrected chi connectivity index (χ4v) is 6.68. The van der Waals surface area contributed by atoms with E-state index in [-0.39, 0.29) is 10.8 Å². The average molecular weight is 605 g/mol. The standard InChI is InChI=1S/C32H33ClN4O4S/c1-23(24-7-4-3-5-8-24)35-42(39,40)31-22-27(34-32(38)25-9-6-10-26(33)21-25)11-16-30(31)37-19-17-36(18-20-37)28-12-14-29(41-2)15-13-28/h3-16,21-23,35H,17-20H2,1-2H3,(H,34,38)/t23-/m1/s1. The van der Waals surface area contributed by atoms with Gasteiger partial charge >= 0.3 is 0 Å². The number of rotatable bonds is 9. The Hall–Kier alpha value is -4.05. The molecule has 1 amide bonds. The summed E-state index contributed by atoms with van der Waals surface area (Å²) >= 11 is 6.06. The molecule has 0 saturated carbocycles. The van der Waals surface area contributed by atoms with Crippen LogP contribution in [0.2, 0.25) is 5.02 Å². The van der Waals surface area contributed by atoms with Gasteiger partial charge in [0.25, 0.3) is 5.91 Å². The first-order chi connectivity index (χ1) is 20.2. The molecule has 5 rings (SSSR count). The van der Waals surface area contributed by atoms with E-state index in [1.165, 1.54) is 6.07 Å². The zero-order valence-corrected chi connectivity index (χ0v) is 25.0. The average Bonchev–Trinajstić information content (AvgIpc) is 3.01. The summed E-state index contributed by atoms with van der Waals surface area (Å²) in [5.74, 6) is 0.416. The van der Waals surface area contributed by atoms with Crippen molar-refractivity contribution in [2.75, 3.05) is 48.4 Å². The molecule has 0 unspecified atom stereocenters. The molecule has 0 bridgehead atoms. The van der Waals surface area contributed by atoms with Gasteiger partial charge in [0.05, 0.1) is 12.8 Å². The minimum absolute atomic E-state index is 0.104. The van der Waals surface area contributed by atoms with Gasteiger partial charge in [-0.3, -0.25) is 4.79 Å². The monoisotopic (exact) mass is 604 g/mol. The first-order valence-corrected chi connectivity index (χ1v) is 15.5. The van der Waals surface area contributed by atoms with Crippen LogP contribution in [-0.2, 0) is 10.0 Å². The highest BCUT2D eigenvalue weighted by Crippen LogP contribution is 2.32. The van der Waals surface area contributed by atoms with E-state index in [2.05, 4.69) is 19.8 Å². The van der Waals surface area contributed by atoms with Crippen LogP contribution in [0.4, 0.5) is 17.1 Å². The quantitative estimate of drug-likeness (QED) is 0.245. The molecule has 1 heterocycles. The van der Waals surface area contributed by atoms with Gasteiger partial charge < -0.3 is 19.9 Å². The van der Waals surface area contributed by atoms with Crippen LogP contribution in [-0.4, -0.2) is 47.6 Å². The first kappa shape index (κ1) is 29.4. The Balaban J connectivity index is 1.41. The molecule has 10 heteroatoms. The fraction of sp³-hybridized carbons (Fsp3) is 0.219. The van der Waals surface area contributed by atoms with Crippen molar-refractivity contribution in [3.8, 4) is 5.75 Å². The molecule has 4 aromatic rings. The number of ether oxygens (including phenoxy) is 1. The number of benzene rings is 4. The zero-order chi connectivity index (χ0) is 29.7. The summed E-state index contributed by atoms with van der Waals surface area (Å²) in [6, 6.07) is 28.5. The van der Waals surface area contributed by atoms with Gasteiger partial charge in [-0.15, -0.1) is 0 Å². The van der Waals surface area contributed by atoms with Crippen LogP contribution in [0.15, 0.2) is 102 Å². The summed E-state index contributed by atoms with van der Waals surface area (Å²) in [6.07, 6.45) is 0. The molecule has 218 valence electrons. The molecule has 1 aliphatic rings. The van der Waals surface area contributed by atoms with E-state index in [9.17, 15) is 13.2 Å². The fourth-order valence-electron chi connectivity index (χ4n) is 5.01. The molecule has 1 aliphatic heterocycles. The predicted octanol–water partition coefficient (Wildman–Crippen LogP) is 5.97. The molecule has 8 nitrogen and oxygen atoms in total. The Morgan fingerprint density at radius 3 is 2.21 bits per heavy atom. The van der Waals surface area contributed by atoms with Crippen molar-refractivity contribution < 1.29 is 17.9 Å². The van der Waals surface area contributed by atoms with E-state index in [1.807, 2.05) is 61.5 Å². The van der Waals surface area contributed by atoms with Gasteiger partial charge in [0.1, 0.15) is 10.6 Å². The van der Waals surface area contributed by atoms with Crippen molar-refractivity contribution in [2.24, 2.45) is 0 Å². The Morgan fingerprint density at radius 2 is 1.55 bits per heavy atom. The normalized spacial score (nSPS) is 14.4. The summed E-state index contributed by atoms with van der Waals surface area (Å²) in [4.78, 5) is 17.4. The maximum atomic E-state index is 13.9. The third kappa shape index (κ3) is 6.87. The molecule has 2 N–H and O–H groups in total. The third-order valence-electron chi connectivity index (χ3n) is 7.28. The number of carbonyl (C=O) groups is 1. The number of hydrogen-bond donors (Lipinski definition) is 2. The largest absolute Gasteiger partial charge is 0.497 e. The highest BCUT2D eigenvalue weighted by Gasteiger charge is 2.27. The van der Waals surface area contributed by atoms with Crippen LogP contribution in [0, 0.1) is 0 Å². The second-order valence-corrected chi connectivity index (χ2v) is 12.2. The third-order valence-corrected chi connectivity index (χ3v) is 9.09. The molecular weight excluding hydrogens is 572 g/mol. The molecule has 0 aliphatic carbocycles. The Kier molecular flexibility index (Phi) is 9.01. The van der Waals surface area contributed by atoms with E-state index in [0.29, 0.717) is 48.1 Å². The lowest BCUT2D eigenvalue weighted by molar-refractivity contribution is 0.102. The van der Waals surface area contributed by atoms with E-state index < -0.39 is 16.1 Å². The molecule has 0 radical (unpaired) electrons. The van der Waals surface area contributed by atoms with Gasteiger partial charge in [0.15, 0.2) is 0 Å². The van der Waals surface area contributed by atoms with Crippen LogP contribution in [0.1, 0.15) is 28.9 Å². The van der Waals surface area contributed by atoms with Gasteiger partial charge in [0, 0.05) is 54.2 Å². The number of carbonyl (C=O) groups excluding carboxylic acids is 1. The number of nitrogens with one attached hydrogen (secondary N) is 2. The van der Waals surface area contributed by atoms with E-state index in [0.717, 1.165) is 17.0 Å². The summed E-state index contributed by atoms with van der Waals surface area (Å²) in [5.41, 5.74) is 3.26. The summed E-state index contributed by atoms with van der Waals surface area (Å²) < 4.78 is 35.9.